The number of fused-ring (bicyclic) bond motifs is 1. The Morgan fingerprint density at radius 2 is 2.00 bits per heavy atom. The second kappa shape index (κ2) is 7.46. The van der Waals surface area contributed by atoms with Crippen molar-refractivity contribution in [1.29, 1.82) is 5.26 Å². The van der Waals surface area contributed by atoms with Gasteiger partial charge in [0.2, 0.25) is 10.0 Å². The molecule has 0 atom stereocenters. The van der Waals surface area contributed by atoms with Gasteiger partial charge in [0, 0.05) is 32.1 Å². The number of aromatic nitrogens is 1. The number of nitriles is 1. The zero-order valence-corrected chi connectivity index (χ0v) is 16.5. The standard InChI is InChI=1S/C20H19N3O4S/c1-14-7-8-16(28(25,26)22(2)3)10-17(14)20(24)27-13-15-12-23-9-5-4-6-19(23)18(15)11-21/h4-10,12H,13H2,1-3H3. The first kappa shape index (κ1) is 19.6. The number of rotatable bonds is 5. The maximum absolute atomic E-state index is 12.6. The van der Waals surface area contributed by atoms with Gasteiger partial charge in [0.1, 0.15) is 12.7 Å². The van der Waals surface area contributed by atoms with Crippen molar-refractivity contribution in [3.8, 4) is 6.07 Å². The van der Waals surface area contributed by atoms with E-state index in [1.165, 1.54) is 26.2 Å². The fourth-order valence-corrected chi connectivity index (χ4v) is 3.76. The number of hydrogen-bond acceptors (Lipinski definition) is 5. The Hall–Kier alpha value is -3.15. The van der Waals surface area contributed by atoms with Gasteiger partial charge in [0.25, 0.3) is 0 Å². The summed E-state index contributed by atoms with van der Waals surface area (Å²) in [6.45, 7) is 1.61. The molecule has 2 aromatic heterocycles. The van der Waals surface area contributed by atoms with E-state index in [4.69, 9.17) is 4.74 Å². The molecule has 0 saturated heterocycles. The van der Waals surface area contributed by atoms with Crippen LogP contribution in [0.2, 0.25) is 0 Å². The molecule has 3 rings (SSSR count). The molecule has 8 heteroatoms. The van der Waals surface area contributed by atoms with Gasteiger partial charge in [-0.05, 0) is 36.8 Å². The van der Waals surface area contributed by atoms with E-state index in [-0.39, 0.29) is 17.1 Å². The maximum atomic E-state index is 12.6. The highest BCUT2D eigenvalue weighted by Crippen LogP contribution is 2.21. The third-order valence-electron chi connectivity index (χ3n) is 4.44. The van der Waals surface area contributed by atoms with Gasteiger partial charge in [-0.3, -0.25) is 0 Å². The summed E-state index contributed by atoms with van der Waals surface area (Å²) in [6.07, 6.45) is 3.54. The predicted molar refractivity (Wildman–Crippen MR) is 103 cm³/mol. The molecule has 0 aliphatic heterocycles. The third-order valence-corrected chi connectivity index (χ3v) is 6.25. The number of pyridine rings is 1. The van der Waals surface area contributed by atoms with Crippen molar-refractivity contribution >= 4 is 21.5 Å². The molecule has 0 saturated carbocycles. The molecular weight excluding hydrogens is 378 g/mol. The van der Waals surface area contributed by atoms with Crippen molar-refractivity contribution < 1.29 is 17.9 Å². The molecule has 0 fully saturated rings. The Labute approximate surface area is 163 Å². The number of esters is 1. The first-order chi connectivity index (χ1) is 13.3. The molecular formula is C20H19N3O4S. The lowest BCUT2D eigenvalue weighted by atomic mass is 10.1. The second-order valence-electron chi connectivity index (χ2n) is 6.47. The van der Waals surface area contributed by atoms with Gasteiger partial charge >= 0.3 is 5.97 Å². The summed E-state index contributed by atoms with van der Waals surface area (Å²) in [5.41, 5.74) is 2.52. The van der Waals surface area contributed by atoms with Gasteiger partial charge in [-0.1, -0.05) is 12.1 Å². The Bertz CT molecular complexity index is 1200. The quantitative estimate of drug-likeness (QED) is 0.617. The zero-order chi connectivity index (χ0) is 20.5. The van der Waals surface area contributed by atoms with E-state index >= 15 is 0 Å². The van der Waals surface area contributed by atoms with Gasteiger partial charge in [-0.15, -0.1) is 0 Å². The Balaban J connectivity index is 1.88. The van der Waals surface area contributed by atoms with Gasteiger partial charge in [-0.2, -0.15) is 5.26 Å². The molecule has 0 aliphatic carbocycles. The minimum atomic E-state index is -3.67. The Morgan fingerprint density at radius 1 is 1.25 bits per heavy atom. The number of carbonyl (C=O) groups excluding carboxylic acids is 1. The monoisotopic (exact) mass is 397 g/mol. The maximum Gasteiger partial charge on any atom is 0.338 e. The van der Waals surface area contributed by atoms with Crippen molar-refractivity contribution in [2.75, 3.05) is 14.1 Å². The Morgan fingerprint density at radius 3 is 2.68 bits per heavy atom. The molecule has 0 unspecified atom stereocenters. The molecule has 0 N–H and O–H groups in total. The first-order valence-corrected chi connectivity index (χ1v) is 9.88. The van der Waals surface area contributed by atoms with Crippen molar-refractivity contribution in [1.82, 2.24) is 8.71 Å². The van der Waals surface area contributed by atoms with Crippen LogP contribution in [0.5, 0.6) is 0 Å². The summed E-state index contributed by atoms with van der Waals surface area (Å²) in [7, 11) is -0.816. The number of benzene rings is 1. The van der Waals surface area contributed by atoms with Gasteiger partial charge in [0.05, 0.1) is 21.5 Å². The summed E-state index contributed by atoms with van der Waals surface area (Å²) in [5.74, 6) is -0.646. The van der Waals surface area contributed by atoms with E-state index in [0.717, 1.165) is 9.82 Å². The highest BCUT2D eigenvalue weighted by Gasteiger charge is 2.21. The van der Waals surface area contributed by atoms with Crippen LogP contribution in [0.25, 0.3) is 5.52 Å². The van der Waals surface area contributed by atoms with E-state index in [1.54, 1.807) is 29.8 Å². The summed E-state index contributed by atoms with van der Waals surface area (Å²) in [5, 5.41) is 9.43. The predicted octanol–water partition coefficient (Wildman–Crippen LogP) is 2.73. The minimum absolute atomic E-state index is 0.0161. The second-order valence-corrected chi connectivity index (χ2v) is 8.63. The highest BCUT2D eigenvalue weighted by molar-refractivity contribution is 7.89. The average molecular weight is 397 g/mol. The molecule has 0 amide bonds. The van der Waals surface area contributed by atoms with Crippen LogP contribution in [0.1, 0.15) is 27.0 Å². The van der Waals surface area contributed by atoms with E-state index in [2.05, 4.69) is 6.07 Å². The number of nitrogens with zero attached hydrogens (tertiary/aromatic N) is 3. The summed E-state index contributed by atoms with van der Waals surface area (Å²) >= 11 is 0. The van der Waals surface area contributed by atoms with Crippen molar-refractivity contribution in [2.45, 2.75) is 18.4 Å². The largest absolute Gasteiger partial charge is 0.457 e. The van der Waals surface area contributed by atoms with Gasteiger partial charge in [0.15, 0.2) is 0 Å². The highest BCUT2D eigenvalue weighted by atomic mass is 32.2. The SMILES string of the molecule is Cc1ccc(S(=O)(=O)N(C)C)cc1C(=O)OCc1cn2ccccc2c1C#N. The molecule has 7 nitrogen and oxygen atoms in total. The number of hydrogen-bond donors (Lipinski definition) is 0. The summed E-state index contributed by atoms with van der Waals surface area (Å²) in [4.78, 5) is 12.6. The van der Waals surface area contributed by atoms with Crippen molar-refractivity contribution in [2.24, 2.45) is 0 Å². The van der Waals surface area contributed by atoms with Crippen LogP contribution in [0.15, 0.2) is 53.7 Å². The summed E-state index contributed by atoms with van der Waals surface area (Å²) < 4.78 is 32.9. The van der Waals surface area contributed by atoms with Crippen LogP contribution < -0.4 is 0 Å². The van der Waals surface area contributed by atoms with E-state index in [1.807, 2.05) is 18.2 Å². The topological polar surface area (TPSA) is 91.9 Å². The zero-order valence-electron chi connectivity index (χ0n) is 15.7. The molecule has 0 spiro atoms. The number of sulfonamides is 1. The van der Waals surface area contributed by atoms with Crippen molar-refractivity contribution in [3.63, 3.8) is 0 Å². The normalized spacial score (nSPS) is 11.5. The van der Waals surface area contributed by atoms with Gasteiger partial charge < -0.3 is 9.14 Å². The molecule has 2 heterocycles. The van der Waals surface area contributed by atoms with Crippen LogP contribution in [-0.4, -0.2) is 37.2 Å². The molecule has 144 valence electrons. The Kier molecular flexibility index (Phi) is 5.23. The van der Waals surface area contributed by atoms with Crippen LogP contribution in [0.4, 0.5) is 0 Å². The fraction of sp³-hybridized carbons (Fsp3) is 0.200. The lowest BCUT2D eigenvalue weighted by Crippen LogP contribution is -2.22. The lowest BCUT2D eigenvalue weighted by molar-refractivity contribution is 0.0471. The van der Waals surface area contributed by atoms with Crippen molar-refractivity contribution in [3.05, 3.63) is 71.0 Å². The number of aryl methyl sites for hydroxylation is 1. The van der Waals surface area contributed by atoms with E-state index in [9.17, 15) is 18.5 Å². The van der Waals surface area contributed by atoms with Crippen LogP contribution in [0, 0.1) is 18.3 Å². The average Bonchev–Trinajstić information content (AvgIpc) is 3.03. The van der Waals surface area contributed by atoms with Gasteiger partial charge in [-0.25, -0.2) is 17.5 Å². The minimum Gasteiger partial charge on any atom is -0.457 e. The molecule has 1 aromatic carbocycles. The molecule has 0 radical (unpaired) electrons. The molecule has 0 bridgehead atoms. The summed E-state index contributed by atoms with van der Waals surface area (Å²) in [6, 6.07) is 11.9. The first-order valence-electron chi connectivity index (χ1n) is 8.44. The molecule has 0 aliphatic rings. The van der Waals surface area contributed by atoms with E-state index < -0.39 is 16.0 Å². The molecule has 3 aromatic rings. The number of carbonyl (C=O) groups is 1. The smallest absolute Gasteiger partial charge is 0.338 e. The molecule has 28 heavy (non-hydrogen) atoms. The van der Waals surface area contributed by atoms with Crippen LogP contribution in [0.3, 0.4) is 0 Å². The van der Waals surface area contributed by atoms with E-state index in [0.29, 0.717) is 16.7 Å². The van der Waals surface area contributed by atoms with Crippen LogP contribution >= 0.6 is 0 Å². The van der Waals surface area contributed by atoms with Crippen LogP contribution in [-0.2, 0) is 21.4 Å². The lowest BCUT2D eigenvalue weighted by Gasteiger charge is -2.13. The third kappa shape index (κ3) is 3.50. The fourth-order valence-electron chi connectivity index (χ4n) is 2.83. The number of ether oxygens (including phenoxy) is 1.